The van der Waals surface area contributed by atoms with Gasteiger partial charge in [0, 0.05) is 23.1 Å². The zero-order valence-electron chi connectivity index (χ0n) is 11.0. The number of benzene rings is 1. The number of nitrogens with zero attached hydrogens (tertiary/aromatic N) is 1. The summed E-state index contributed by atoms with van der Waals surface area (Å²) in [5.74, 6) is 0.108. The Balaban J connectivity index is 1.99. The van der Waals surface area contributed by atoms with Crippen LogP contribution < -0.4 is 5.32 Å². The van der Waals surface area contributed by atoms with Gasteiger partial charge in [0.05, 0.1) is 6.42 Å². The van der Waals surface area contributed by atoms with E-state index < -0.39 is 0 Å². The summed E-state index contributed by atoms with van der Waals surface area (Å²) in [6.45, 7) is 1.95. The monoisotopic (exact) mass is 300 g/mol. The minimum Gasteiger partial charge on any atom is -0.342 e. The zero-order chi connectivity index (χ0) is 13.8. The van der Waals surface area contributed by atoms with Crippen molar-refractivity contribution >= 4 is 29.1 Å². The number of piperidine rings is 1. The molecular weight excluding hydrogens is 283 g/mol. The SMILES string of the molecule is CN(C(=O)Cc1ccc(Cl)cc1Cl)C1CCNCC1. The molecule has 1 aromatic carbocycles. The van der Waals surface area contributed by atoms with Crippen LogP contribution in [0.25, 0.3) is 0 Å². The minimum absolute atomic E-state index is 0.108. The molecule has 0 unspecified atom stereocenters. The lowest BCUT2D eigenvalue weighted by Gasteiger charge is -2.31. The molecule has 0 atom stereocenters. The number of nitrogens with one attached hydrogen (secondary N) is 1. The van der Waals surface area contributed by atoms with Crippen LogP contribution in [0.3, 0.4) is 0 Å². The Morgan fingerprint density at radius 1 is 1.37 bits per heavy atom. The molecule has 1 fully saturated rings. The summed E-state index contributed by atoms with van der Waals surface area (Å²) in [7, 11) is 1.88. The first-order chi connectivity index (χ1) is 9.08. The maximum Gasteiger partial charge on any atom is 0.227 e. The molecule has 1 heterocycles. The number of likely N-dealkylation sites (N-methyl/N-ethyl adjacent to an activating group) is 1. The van der Waals surface area contributed by atoms with E-state index in [-0.39, 0.29) is 5.91 Å². The molecule has 0 bridgehead atoms. The van der Waals surface area contributed by atoms with Gasteiger partial charge in [-0.1, -0.05) is 29.3 Å². The Labute approximate surface area is 123 Å². The van der Waals surface area contributed by atoms with Gasteiger partial charge in [0.25, 0.3) is 0 Å². The van der Waals surface area contributed by atoms with Crippen LogP contribution in [-0.2, 0) is 11.2 Å². The average Bonchev–Trinajstić information content (AvgIpc) is 2.42. The van der Waals surface area contributed by atoms with Crippen molar-refractivity contribution in [2.45, 2.75) is 25.3 Å². The predicted octanol–water partition coefficient (Wildman–Crippen LogP) is 2.75. The van der Waals surface area contributed by atoms with Crippen LogP contribution in [0.1, 0.15) is 18.4 Å². The molecule has 2 rings (SSSR count). The van der Waals surface area contributed by atoms with Crippen LogP contribution in [0.15, 0.2) is 18.2 Å². The Kier molecular flexibility index (Phi) is 5.08. The molecule has 19 heavy (non-hydrogen) atoms. The van der Waals surface area contributed by atoms with Crippen LogP contribution in [0.5, 0.6) is 0 Å². The highest BCUT2D eigenvalue weighted by Crippen LogP contribution is 2.22. The van der Waals surface area contributed by atoms with E-state index in [9.17, 15) is 4.79 Å². The van der Waals surface area contributed by atoms with Gasteiger partial charge in [-0.15, -0.1) is 0 Å². The fraction of sp³-hybridized carbons (Fsp3) is 0.500. The largest absolute Gasteiger partial charge is 0.342 e. The number of carbonyl (C=O) groups is 1. The summed E-state index contributed by atoms with van der Waals surface area (Å²) in [5, 5.41) is 4.45. The van der Waals surface area contributed by atoms with Crippen molar-refractivity contribution in [3.05, 3.63) is 33.8 Å². The topological polar surface area (TPSA) is 32.3 Å². The number of hydrogen-bond donors (Lipinski definition) is 1. The minimum atomic E-state index is 0.108. The number of rotatable bonds is 3. The van der Waals surface area contributed by atoms with Crippen molar-refractivity contribution in [2.75, 3.05) is 20.1 Å². The number of amides is 1. The van der Waals surface area contributed by atoms with Crippen LogP contribution in [-0.4, -0.2) is 37.0 Å². The molecule has 3 nitrogen and oxygen atoms in total. The molecule has 0 aromatic heterocycles. The normalized spacial score (nSPS) is 16.4. The fourth-order valence-corrected chi connectivity index (χ4v) is 2.83. The van der Waals surface area contributed by atoms with Crippen molar-refractivity contribution in [3.8, 4) is 0 Å². The van der Waals surface area contributed by atoms with E-state index in [0.717, 1.165) is 31.5 Å². The third kappa shape index (κ3) is 3.85. The molecule has 1 amide bonds. The van der Waals surface area contributed by atoms with Gasteiger partial charge < -0.3 is 10.2 Å². The third-order valence-corrected chi connectivity index (χ3v) is 4.19. The van der Waals surface area contributed by atoms with Gasteiger partial charge in [-0.05, 0) is 43.6 Å². The Morgan fingerprint density at radius 3 is 2.68 bits per heavy atom. The molecule has 0 saturated carbocycles. The third-order valence-electron chi connectivity index (χ3n) is 3.61. The summed E-state index contributed by atoms with van der Waals surface area (Å²) in [6, 6.07) is 5.59. The Bertz CT molecular complexity index is 459. The predicted molar refractivity (Wildman–Crippen MR) is 78.8 cm³/mol. The van der Waals surface area contributed by atoms with Crippen molar-refractivity contribution in [1.82, 2.24) is 10.2 Å². The summed E-state index contributed by atoms with van der Waals surface area (Å²) < 4.78 is 0. The van der Waals surface area contributed by atoms with Crippen molar-refractivity contribution in [3.63, 3.8) is 0 Å². The van der Waals surface area contributed by atoms with Gasteiger partial charge in [0.2, 0.25) is 5.91 Å². The van der Waals surface area contributed by atoms with E-state index >= 15 is 0 Å². The second-order valence-electron chi connectivity index (χ2n) is 4.90. The zero-order valence-corrected chi connectivity index (χ0v) is 12.5. The molecule has 1 aliphatic rings. The van der Waals surface area contributed by atoms with Crippen LogP contribution in [0.4, 0.5) is 0 Å². The lowest BCUT2D eigenvalue weighted by Crippen LogP contribution is -2.44. The van der Waals surface area contributed by atoms with E-state index in [2.05, 4.69) is 5.32 Å². The van der Waals surface area contributed by atoms with Gasteiger partial charge in [-0.3, -0.25) is 4.79 Å². The van der Waals surface area contributed by atoms with Gasteiger partial charge in [0.15, 0.2) is 0 Å². The van der Waals surface area contributed by atoms with Crippen LogP contribution >= 0.6 is 23.2 Å². The van der Waals surface area contributed by atoms with Crippen LogP contribution in [0, 0.1) is 0 Å². The molecule has 0 radical (unpaired) electrons. The first-order valence-electron chi connectivity index (χ1n) is 6.48. The van der Waals surface area contributed by atoms with Crippen molar-refractivity contribution in [1.29, 1.82) is 0 Å². The lowest BCUT2D eigenvalue weighted by molar-refractivity contribution is -0.131. The van der Waals surface area contributed by atoms with Gasteiger partial charge in [0.1, 0.15) is 0 Å². The van der Waals surface area contributed by atoms with Gasteiger partial charge >= 0.3 is 0 Å². The average molecular weight is 301 g/mol. The molecule has 1 aliphatic heterocycles. The highest BCUT2D eigenvalue weighted by atomic mass is 35.5. The molecule has 0 spiro atoms. The first-order valence-corrected chi connectivity index (χ1v) is 7.24. The summed E-state index contributed by atoms with van der Waals surface area (Å²) in [6.07, 6.45) is 2.35. The van der Waals surface area contributed by atoms with E-state index in [0.29, 0.717) is 22.5 Å². The van der Waals surface area contributed by atoms with Crippen molar-refractivity contribution in [2.24, 2.45) is 0 Å². The lowest BCUT2D eigenvalue weighted by atomic mass is 10.0. The molecule has 1 N–H and O–H groups in total. The van der Waals surface area contributed by atoms with E-state index in [1.807, 2.05) is 18.0 Å². The quantitative estimate of drug-likeness (QED) is 0.931. The Hall–Kier alpha value is -0.770. The second kappa shape index (κ2) is 6.60. The standard InChI is InChI=1S/C14H18Cl2N2O/c1-18(12-4-6-17-7-5-12)14(19)8-10-2-3-11(15)9-13(10)16/h2-3,9,12,17H,4-8H2,1H3. The second-order valence-corrected chi connectivity index (χ2v) is 5.74. The molecule has 0 aliphatic carbocycles. The van der Waals surface area contributed by atoms with Gasteiger partial charge in [-0.25, -0.2) is 0 Å². The van der Waals surface area contributed by atoms with Gasteiger partial charge in [-0.2, -0.15) is 0 Å². The summed E-state index contributed by atoms with van der Waals surface area (Å²) in [5.41, 5.74) is 0.830. The summed E-state index contributed by atoms with van der Waals surface area (Å²) in [4.78, 5) is 14.1. The van der Waals surface area contributed by atoms with E-state index in [4.69, 9.17) is 23.2 Å². The number of hydrogen-bond acceptors (Lipinski definition) is 2. The van der Waals surface area contributed by atoms with E-state index in [1.54, 1.807) is 12.1 Å². The number of carbonyl (C=O) groups excluding carboxylic acids is 1. The molecule has 1 saturated heterocycles. The van der Waals surface area contributed by atoms with E-state index in [1.165, 1.54) is 0 Å². The fourth-order valence-electron chi connectivity index (χ4n) is 2.35. The highest BCUT2D eigenvalue weighted by Gasteiger charge is 2.22. The molecule has 1 aromatic rings. The van der Waals surface area contributed by atoms with Crippen molar-refractivity contribution < 1.29 is 4.79 Å². The Morgan fingerprint density at radius 2 is 2.05 bits per heavy atom. The maximum atomic E-state index is 12.3. The first kappa shape index (κ1) is 14.6. The molecule has 104 valence electrons. The van der Waals surface area contributed by atoms with Crippen LogP contribution in [0.2, 0.25) is 10.0 Å². The molecular formula is C14H18Cl2N2O. The smallest absolute Gasteiger partial charge is 0.227 e. The highest BCUT2D eigenvalue weighted by molar-refractivity contribution is 6.35. The molecule has 5 heteroatoms. The summed E-state index contributed by atoms with van der Waals surface area (Å²) >= 11 is 11.9. The maximum absolute atomic E-state index is 12.3. The number of halogens is 2.